The Labute approximate surface area is 127 Å². The molecule has 1 aromatic heterocycles. The van der Waals surface area contributed by atoms with Gasteiger partial charge in [-0.05, 0) is 43.4 Å². The smallest absolute Gasteiger partial charge is 0.0325 e. The second-order valence-electron chi connectivity index (χ2n) is 5.91. The molecule has 20 heavy (non-hydrogen) atoms. The Morgan fingerprint density at radius 1 is 1.10 bits per heavy atom. The summed E-state index contributed by atoms with van der Waals surface area (Å²) in [6.45, 7) is 9.94. The number of hydrogen-bond acceptors (Lipinski definition) is 2. The van der Waals surface area contributed by atoms with Gasteiger partial charge in [0.1, 0.15) is 0 Å². The topological polar surface area (TPSA) is 12.0 Å². The molecule has 1 heterocycles. The molecule has 0 amide bonds. The van der Waals surface area contributed by atoms with Gasteiger partial charge in [-0.1, -0.05) is 44.2 Å². The van der Waals surface area contributed by atoms with Gasteiger partial charge in [0.2, 0.25) is 0 Å². The molecule has 0 saturated carbocycles. The van der Waals surface area contributed by atoms with Crippen molar-refractivity contribution in [2.75, 3.05) is 0 Å². The van der Waals surface area contributed by atoms with E-state index in [9.17, 15) is 0 Å². The van der Waals surface area contributed by atoms with E-state index in [1.54, 1.807) is 0 Å². The lowest BCUT2D eigenvalue weighted by molar-refractivity contribution is 0.428. The predicted octanol–water partition coefficient (Wildman–Crippen LogP) is 5.24. The van der Waals surface area contributed by atoms with Crippen LogP contribution in [0, 0.1) is 19.8 Å². The van der Waals surface area contributed by atoms with E-state index in [2.05, 4.69) is 69.4 Å². The van der Waals surface area contributed by atoms with Gasteiger partial charge in [0, 0.05) is 22.3 Å². The molecule has 2 aromatic rings. The van der Waals surface area contributed by atoms with Crippen molar-refractivity contribution in [1.82, 2.24) is 5.32 Å². The minimum Gasteiger partial charge on any atom is -0.306 e. The molecule has 1 nitrogen and oxygen atoms in total. The second-order valence-corrected chi connectivity index (χ2v) is 7.37. The molecule has 0 aliphatic carbocycles. The van der Waals surface area contributed by atoms with E-state index in [0.717, 1.165) is 6.54 Å². The summed E-state index contributed by atoms with van der Waals surface area (Å²) in [5, 5.41) is 3.74. The molecule has 1 N–H and O–H groups in total. The van der Waals surface area contributed by atoms with Gasteiger partial charge in [-0.15, -0.1) is 11.3 Å². The Hall–Kier alpha value is -1.12. The van der Waals surface area contributed by atoms with Crippen LogP contribution < -0.4 is 5.32 Å². The van der Waals surface area contributed by atoms with Crippen molar-refractivity contribution in [3.63, 3.8) is 0 Å². The number of thiophene rings is 1. The summed E-state index contributed by atoms with van der Waals surface area (Å²) >= 11 is 1.89. The maximum atomic E-state index is 3.74. The summed E-state index contributed by atoms with van der Waals surface area (Å²) in [7, 11) is 0. The average molecular weight is 287 g/mol. The highest BCUT2D eigenvalue weighted by atomic mass is 32.1. The van der Waals surface area contributed by atoms with E-state index >= 15 is 0 Å². The molecule has 2 heteroatoms. The van der Waals surface area contributed by atoms with Gasteiger partial charge < -0.3 is 5.32 Å². The molecule has 1 unspecified atom stereocenters. The fourth-order valence-electron chi connectivity index (χ4n) is 2.59. The third-order valence-electron chi connectivity index (χ3n) is 3.59. The van der Waals surface area contributed by atoms with Gasteiger partial charge in [-0.3, -0.25) is 0 Å². The number of rotatable bonds is 6. The van der Waals surface area contributed by atoms with Crippen LogP contribution in [0.5, 0.6) is 0 Å². The SMILES string of the molecule is Cc1cc(CNC(CC(C)C)c2ccccc2)c(C)s1. The first kappa shape index (κ1) is 15.3. The zero-order chi connectivity index (χ0) is 14.5. The summed E-state index contributed by atoms with van der Waals surface area (Å²) in [4.78, 5) is 2.84. The van der Waals surface area contributed by atoms with E-state index in [1.807, 2.05) is 11.3 Å². The van der Waals surface area contributed by atoms with Crippen LogP contribution in [0.15, 0.2) is 36.4 Å². The first-order valence-corrected chi connectivity index (χ1v) is 8.22. The summed E-state index contributed by atoms with van der Waals surface area (Å²) in [5.41, 5.74) is 2.84. The van der Waals surface area contributed by atoms with Crippen LogP contribution in [-0.2, 0) is 6.54 Å². The first-order valence-electron chi connectivity index (χ1n) is 7.40. The van der Waals surface area contributed by atoms with Crippen molar-refractivity contribution >= 4 is 11.3 Å². The third kappa shape index (κ3) is 4.19. The molecule has 0 saturated heterocycles. The highest BCUT2D eigenvalue weighted by Gasteiger charge is 2.13. The maximum absolute atomic E-state index is 3.74. The van der Waals surface area contributed by atoms with Crippen LogP contribution in [0.2, 0.25) is 0 Å². The molecule has 0 aliphatic rings. The highest BCUT2D eigenvalue weighted by molar-refractivity contribution is 7.12. The number of hydrogen-bond donors (Lipinski definition) is 1. The summed E-state index contributed by atoms with van der Waals surface area (Å²) < 4.78 is 0. The maximum Gasteiger partial charge on any atom is 0.0325 e. The molecular weight excluding hydrogens is 262 g/mol. The number of nitrogens with one attached hydrogen (secondary N) is 1. The monoisotopic (exact) mass is 287 g/mol. The van der Waals surface area contributed by atoms with Crippen molar-refractivity contribution in [1.29, 1.82) is 0 Å². The minimum atomic E-state index is 0.441. The lowest BCUT2D eigenvalue weighted by Crippen LogP contribution is -2.22. The molecule has 0 radical (unpaired) electrons. The summed E-state index contributed by atoms with van der Waals surface area (Å²) in [6.07, 6.45) is 1.17. The van der Waals surface area contributed by atoms with Crippen LogP contribution in [0.3, 0.4) is 0 Å². The molecule has 1 atom stereocenters. The molecule has 0 fully saturated rings. The van der Waals surface area contributed by atoms with E-state index in [4.69, 9.17) is 0 Å². The van der Waals surface area contributed by atoms with Gasteiger partial charge in [-0.25, -0.2) is 0 Å². The highest BCUT2D eigenvalue weighted by Crippen LogP contribution is 2.24. The molecule has 0 bridgehead atoms. The van der Waals surface area contributed by atoms with Gasteiger partial charge in [-0.2, -0.15) is 0 Å². The van der Waals surface area contributed by atoms with Gasteiger partial charge >= 0.3 is 0 Å². The van der Waals surface area contributed by atoms with E-state index in [0.29, 0.717) is 12.0 Å². The Morgan fingerprint density at radius 2 is 1.80 bits per heavy atom. The molecule has 1 aromatic carbocycles. The van der Waals surface area contributed by atoms with Crippen LogP contribution in [0.1, 0.15) is 47.2 Å². The van der Waals surface area contributed by atoms with Crippen LogP contribution in [-0.4, -0.2) is 0 Å². The summed E-state index contributed by atoms with van der Waals surface area (Å²) in [6, 6.07) is 13.6. The van der Waals surface area contributed by atoms with Crippen LogP contribution >= 0.6 is 11.3 Å². The Balaban J connectivity index is 2.07. The Bertz CT molecular complexity index is 528. The molecule has 108 valence electrons. The predicted molar refractivity (Wildman–Crippen MR) is 89.3 cm³/mol. The normalized spacial score (nSPS) is 12.8. The van der Waals surface area contributed by atoms with E-state index < -0.39 is 0 Å². The zero-order valence-electron chi connectivity index (χ0n) is 12.9. The lowest BCUT2D eigenvalue weighted by Gasteiger charge is -2.21. The van der Waals surface area contributed by atoms with Gasteiger partial charge in [0.25, 0.3) is 0 Å². The Morgan fingerprint density at radius 3 is 2.35 bits per heavy atom. The second kappa shape index (κ2) is 7.05. The third-order valence-corrected chi connectivity index (χ3v) is 4.60. The van der Waals surface area contributed by atoms with Gasteiger partial charge in [0.15, 0.2) is 0 Å². The van der Waals surface area contributed by atoms with E-state index in [-0.39, 0.29) is 0 Å². The van der Waals surface area contributed by atoms with Crippen molar-refractivity contribution in [3.8, 4) is 0 Å². The van der Waals surface area contributed by atoms with Crippen molar-refractivity contribution in [2.45, 2.75) is 46.7 Å². The van der Waals surface area contributed by atoms with Crippen molar-refractivity contribution < 1.29 is 0 Å². The quantitative estimate of drug-likeness (QED) is 0.766. The number of benzene rings is 1. The zero-order valence-corrected chi connectivity index (χ0v) is 13.8. The van der Waals surface area contributed by atoms with Gasteiger partial charge in [0.05, 0.1) is 0 Å². The van der Waals surface area contributed by atoms with Crippen LogP contribution in [0.4, 0.5) is 0 Å². The Kier molecular flexibility index (Phi) is 5.38. The minimum absolute atomic E-state index is 0.441. The largest absolute Gasteiger partial charge is 0.306 e. The lowest BCUT2D eigenvalue weighted by atomic mass is 9.97. The molecule has 2 rings (SSSR count). The molecular formula is C18H25NS. The van der Waals surface area contributed by atoms with Crippen molar-refractivity contribution in [3.05, 3.63) is 57.3 Å². The van der Waals surface area contributed by atoms with Crippen LogP contribution in [0.25, 0.3) is 0 Å². The molecule has 0 spiro atoms. The standard InChI is InChI=1S/C18H25NS/c1-13(2)10-18(16-8-6-5-7-9-16)19-12-17-11-14(3)20-15(17)4/h5-9,11,13,18-19H,10,12H2,1-4H3. The number of aryl methyl sites for hydroxylation is 2. The van der Waals surface area contributed by atoms with Crippen molar-refractivity contribution in [2.24, 2.45) is 5.92 Å². The fraction of sp³-hybridized carbons (Fsp3) is 0.444. The summed E-state index contributed by atoms with van der Waals surface area (Å²) in [5.74, 6) is 0.693. The average Bonchev–Trinajstić information content (AvgIpc) is 2.73. The molecule has 0 aliphatic heterocycles. The first-order chi connectivity index (χ1) is 9.56. The fourth-order valence-corrected chi connectivity index (χ4v) is 3.53. The van der Waals surface area contributed by atoms with E-state index in [1.165, 1.54) is 27.3 Å².